The number of benzene rings is 1. The van der Waals surface area contributed by atoms with Crippen LogP contribution in [-0.4, -0.2) is 11.7 Å². The van der Waals surface area contributed by atoms with Crippen LogP contribution in [0.15, 0.2) is 18.2 Å². The number of halogens is 1. The Bertz CT molecular complexity index is 408. The second-order valence-electron chi connectivity index (χ2n) is 5.81. The van der Waals surface area contributed by atoms with Gasteiger partial charge in [-0.3, -0.25) is 0 Å². The second-order valence-corrected chi connectivity index (χ2v) is 5.81. The van der Waals surface area contributed by atoms with E-state index in [0.717, 1.165) is 31.2 Å². The van der Waals surface area contributed by atoms with Crippen LogP contribution < -0.4 is 5.73 Å². The largest absolute Gasteiger partial charge is 0.399 e. The van der Waals surface area contributed by atoms with Crippen LogP contribution in [0, 0.1) is 17.7 Å². The van der Waals surface area contributed by atoms with Gasteiger partial charge in [0, 0.05) is 12.3 Å². The lowest BCUT2D eigenvalue weighted by atomic mass is 9.92. The molecule has 2 nitrogen and oxygen atoms in total. The van der Waals surface area contributed by atoms with Crippen molar-refractivity contribution in [2.45, 2.75) is 44.9 Å². The average molecular weight is 265 g/mol. The Morgan fingerprint density at radius 1 is 1.16 bits per heavy atom. The number of nitrogens with two attached hydrogens (primary N) is 1. The van der Waals surface area contributed by atoms with E-state index in [9.17, 15) is 9.50 Å². The molecule has 0 aromatic heterocycles. The molecule has 106 valence electrons. The van der Waals surface area contributed by atoms with Gasteiger partial charge in [-0.15, -0.1) is 0 Å². The summed E-state index contributed by atoms with van der Waals surface area (Å²) in [6.45, 7) is 0.319. The number of aliphatic hydroxyl groups excluding tert-OH is 1. The molecule has 0 bridgehead atoms. The van der Waals surface area contributed by atoms with Crippen molar-refractivity contribution >= 4 is 5.69 Å². The molecule has 2 rings (SSSR count). The fraction of sp³-hybridized carbons (Fsp3) is 0.625. The predicted octanol–water partition coefficient (Wildman–Crippen LogP) is 3.53. The van der Waals surface area contributed by atoms with Crippen molar-refractivity contribution in [3.05, 3.63) is 29.6 Å². The molecule has 2 unspecified atom stereocenters. The van der Waals surface area contributed by atoms with E-state index in [1.165, 1.54) is 25.3 Å². The summed E-state index contributed by atoms with van der Waals surface area (Å²) >= 11 is 0. The van der Waals surface area contributed by atoms with Crippen LogP contribution in [0.5, 0.6) is 0 Å². The van der Waals surface area contributed by atoms with Crippen molar-refractivity contribution < 1.29 is 9.50 Å². The first-order chi connectivity index (χ1) is 9.19. The molecular weight excluding hydrogens is 241 g/mol. The molecule has 1 aliphatic carbocycles. The number of aliphatic hydroxyl groups is 1. The molecule has 1 aromatic carbocycles. The predicted molar refractivity (Wildman–Crippen MR) is 76.3 cm³/mol. The molecule has 1 aromatic rings. The number of hydrogen-bond donors (Lipinski definition) is 2. The van der Waals surface area contributed by atoms with Gasteiger partial charge in [-0.25, -0.2) is 4.39 Å². The molecule has 0 aliphatic heterocycles. The number of nitrogen functional groups attached to an aromatic ring is 1. The molecule has 1 aliphatic rings. The molecule has 3 N–H and O–H groups in total. The molecule has 0 saturated heterocycles. The SMILES string of the molecule is Nc1ccc(CCC2CCCC(CO)CC2)c(F)c1. The number of rotatable bonds is 4. The summed E-state index contributed by atoms with van der Waals surface area (Å²) < 4.78 is 13.7. The number of anilines is 1. The highest BCUT2D eigenvalue weighted by Gasteiger charge is 2.18. The van der Waals surface area contributed by atoms with Gasteiger partial charge < -0.3 is 10.8 Å². The minimum absolute atomic E-state index is 0.179. The first kappa shape index (κ1) is 14.3. The van der Waals surface area contributed by atoms with E-state index in [1.54, 1.807) is 12.1 Å². The smallest absolute Gasteiger partial charge is 0.128 e. The molecule has 3 heteroatoms. The lowest BCUT2D eigenvalue weighted by molar-refractivity contribution is 0.211. The third-order valence-electron chi connectivity index (χ3n) is 4.37. The van der Waals surface area contributed by atoms with Crippen LogP contribution in [0.25, 0.3) is 0 Å². The van der Waals surface area contributed by atoms with Crippen LogP contribution in [0.2, 0.25) is 0 Å². The van der Waals surface area contributed by atoms with Gasteiger partial charge in [0.1, 0.15) is 5.82 Å². The molecule has 1 fully saturated rings. The minimum Gasteiger partial charge on any atom is -0.399 e. The maximum atomic E-state index is 13.7. The Morgan fingerprint density at radius 2 is 1.89 bits per heavy atom. The molecule has 1 saturated carbocycles. The maximum Gasteiger partial charge on any atom is 0.128 e. The van der Waals surface area contributed by atoms with Crippen molar-refractivity contribution in [2.75, 3.05) is 12.3 Å². The zero-order chi connectivity index (χ0) is 13.7. The van der Waals surface area contributed by atoms with Gasteiger partial charge in [-0.2, -0.15) is 0 Å². The van der Waals surface area contributed by atoms with Gasteiger partial charge in [0.25, 0.3) is 0 Å². The first-order valence-electron chi connectivity index (χ1n) is 7.33. The number of aryl methyl sites for hydroxylation is 1. The van der Waals surface area contributed by atoms with Crippen molar-refractivity contribution in [1.29, 1.82) is 0 Å². The maximum absolute atomic E-state index is 13.7. The Hall–Kier alpha value is -1.09. The van der Waals surface area contributed by atoms with E-state index >= 15 is 0 Å². The van der Waals surface area contributed by atoms with Gasteiger partial charge in [-0.1, -0.05) is 25.3 Å². The van der Waals surface area contributed by atoms with E-state index in [-0.39, 0.29) is 5.82 Å². The van der Waals surface area contributed by atoms with Gasteiger partial charge >= 0.3 is 0 Å². The summed E-state index contributed by atoms with van der Waals surface area (Å²) in [5, 5.41) is 9.21. The van der Waals surface area contributed by atoms with Crippen LogP contribution in [0.1, 0.15) is 44.1 Å². The zero-order valence-electron chi connectivity index (χ0n) is 11.4. The van der Waals surface area contributed by atoms with Crippen LogP contribution >= 0.6 is 0 Å². The van der Waals surface area contributed by atoms with E-state index in [1.807, 2.05) is 0 Å². The standard InChI is InChI=1S/C16H24FNO/c17-16-10-15(18)9-8-14(16)7-6-12-2-1-3-13(11-19)5-4-12/h8-10,12-13,19H,1-7,11,18H2. The van der Waals surface area contributed by atoms with Crippen LogP contribution in [0.3, 0.4) is 0 Å². The normalized spacial score (nSPS) is 24.1. The Morgan fingerprint density at radius 3 is 2.63 bits per heavy atom. The zero-order valence-corrected chi connectivity index (χ0v) is 11.4. The second kappa shape index (κ2) is 6.90. The highest BCUT2D eigenvalue weighted by molar-refractivity contribution is 5.40. The summed E-state index contributed by atoms with van der Waals surface area (Å²) in [5.41, 5.74) is 6.82. The van der Waals surface area contributed by atoms with E-state index in [0.29, 0.717) is 24.1 Å². The third-order valence-corrected chi connectivity index (χ3v) is 4.37. The van der Waals surface area contributed by atoms with E-state index in [2.05, 4.69) is 0 Å². The third kappa shape index (κ3) is 4.20. The van der Waals surface area contributed by atoms with Gasteiger partial charge in [-0.05, 0) is 55.2 Å². The lowest BCUT2D eigenvalue weighted by Gasteiger charge is -2.14. The van der Waals surface area contributed by atoms with E-state index in [4.69, 9.17) is 5.73 Å². The Balaban J connectivity index is 1.84. The highest BCUT2D eigenvalue weighted by atomic mass is 19.1. The fourth-order valence-corrected chi connectivity index (χ4v) is 3.05. The van der Waals surface area contributed by atoms with Crippen molar-refractivity contribution in [2.24, 2.45) is 11.8 Å². The molecule has 2 atom stereocenters. The highest BCUT2D eigenvalue weighted by Crippen LogP contribution is 2.30. The topological polar surface area (TPSA) is 46.2 Å². The van der Waals surface area contributed by atoms with Crippen LogP contribution in [-0.2, 0) is 6.42 Å². The molecule has 0 radical (unpaired) electrons. The Labute approximate surface area is 114 Å². The van der Waals surface area contributed by atoms with Crippen LogP contribution in [0.4, 0.5) is 10.1 Å². The van der Waals surface area contributed by atoms with Crippen molar-refractivity contribution in [3.63, 3.8) is 0 Å². The number of hydrogen-bond acceptors (Lipinski definition) is 2. The molecular formula is C16H24FNO. The monoisotopic (exact) mass is 265 g/mol. The summed E-state index contributed by atoms with van der Waals surface area (Å²) in [4.78, 5) is 0. The molecule has 0 amide bonds. The molecule has 0 spiro atoms. The lowest BCUT2D eigenvalue weighted by Crippen LogP contribution is -2.05. The van der Waals surface area contributed by atoms with Gasteiger partial charge in [0.05, 0.1) is 0 Å². The average Bonchev–Trinajstić information content (AvgIpc) is 2.63. The summed E-state index contributed by atoms with van der Waals surface area (Å²) in [6, 6.07) is 4.98. The minimum atomic E-state index is -0.179. The summed E-state index contributed by atoms with van der Waals surface area (Å²) in [5.74, 6) is 0.980. The fourth-order valence-electron chi connectivity index (χ4n) is 3.05. The summed E-state index contributed by atoms with van der Waals surface area (Å²) in [7, 11) is 0. The molecule has 19 heavy (non-hydrogen) atoms. The van der Waals surface area contributed by atoms with Crippen molar-refractivity contribution in [3.8, 4) is 0 Å². The van der Waals surface area contributed by atoms with Gasteiger partial charge in [0.2, 0.25) is 0 Å². The van der Waals surface area contributed by atoms with Gasteiger partial charge in [0.15, 0.2) is 0 Å². The van der Waals surface area contributed by atoms with Crippen molar-refractivity contribution in [1.82, 2.24) is 0 Å². The van der Waals surface area contributed by atoms with E-state index < -0.39 is 0 Å². The Kier molecular flexibility index (Phi) is 5.20. The summed E-state index contributed by atoms with van der Waals surface area (Å²) in [6.07, 6.45) is 7.67. The quantitative estimate of drug-likeness (QED) is 0.646. The first-order valence-corrected chi connectivity index (χ1v) is 7.33. The molecule has 0 heterocycles.